The number of amides is 1. The topological polar surface area (TPSA) is 49.6 Å². The lowest BCUT2D eigenvalue weighted by Gasteiger charge is -2.37. The molecule has 1 heterocycles. The van der Waals surface area contributed by atoms with Crippen molar-refractivity contribution in [3.63, 3.8) is 0 Å². The number of hydrogen-bond acceptors (Lipinski definition) is 3. The molecule has 0 bridgehead atoms. The summed E-state index contributed by atoms with van der Waals surface area (Å²) in [5.74, 6) is 0.639. The first-order valence-corrected chi connectivity index (χ1v) is 7.91. The van der Waals surface area contributed by atoms with Gasteiger partial charge in [0.15, 0.2) is 0 Å². The number of nitrogens with zero attached hydrogens (tertiary/aromatic N) is 2. The number of likely N-dealkylation sites (tertiary alicyclic amines) is 1. The molecule has 2 fully saturated rings. The monoisotopic (exact) mass is 267 g/mol. The fraction of sp³-hybridized carbons (Fsp3) is 0.933. The molecule has 1 aliphatic heterocycles. The molecule has 0 radical (unpaired) electrons. The first-order chi connectivity index (χ1) is 9.22. The molecule has 0 unspecified atom stereocenters. The van der Waals surface area contributed by atoms with Crippen molar-refractivity contribution in [2.75, 3.05) is 33.2 Å². The van der Waals surface area contributed by atoms with Crippen molar-refractivity contribution in [1.29, 1.82) is 0 Å². The van der Waals surface area contributed by atoms with Crippen LogP contribution < -0.4 is 5.73 Å². The lowest BCUT2D eigenvalue weighted by atomic mass is 9.91. The van der Waals surface area contributed by atoms with Crippen LogP contribution in [0.25, 0.3) is 0 Å². The third-order valence-electron chi connectivity index (χ3n) is 4.85. The van der Waals surface area contributed by atoms with Crippen LogP contribution in [0.2, 0.25) is 0 Å². The van der Waals surface area contributed by atoms with Gasteiger partial charge in [-0.15, -0.1) is 0 Å². The second-order valence-electron chi connectivity index (χ2n) is 6.15. The minimum absolute atomic E-state index is 0.251. The van der Waals surface area contributed by atoms with Crippen molar-refractivity contribution in [2.45, 2.75) is 51.0 Å². The third-order valence-corrected chi connectivity index (χ3v) is 4.85. The molecule has 1 saturated heterocycles. The SMILES string of the molecule is CN(C(=O)C1CCN(CCN)CC1)C1CCCCC1. The first-order valence-electron chi connectivity index (χ1n) is 7.91. The normalized spacial score (nSPS) is 23.5. The van der Waals surface area contributed by atoms with Gasteiger partial charge in [0.2, 0.25) is 5.91 Å². The number of carbonyl (C=O) groups is 1. The van der Waals surface area contributed by atoms with Crippen molar-refractivity contribution in [3.8, 4) is 0 Å². The van der Waals surface area contributed by atoms with E-state index in [1.54, 1.807) is 0 Å². The van der Waals surface area contributed by atoms with Gasteiger partial charge in [-0.1, -0.05) is 19.3 Å². The van der Waals surface area contributed by atoms with Crippen molar-refractivity contribution in [1.82, 2.24) is 9.80 Å². The summed E-state index contributed by atoms with van der Waals surface area (Å²) < 4.78 is 0. The van der Waals surface area contributed by atoms with Crippen molar-refractivity contribution in [3.05, 3.63) is 0 Å². The van der Waals surface area contributed by atoms with Gasteiger partial charge in [0, 0.05) is 32.1 Å². The van der Waals surface area contributed by atoms with E-state index in [9.17, 15) is 4.79 Å². The Morgan fingerprint density at radius 1 is 1.16 bits per heavy atom. The Bertz CT molecular complexity index is 281. The van der Waals surface area contributed by atoms with Crippen LogP contribution in [0.5, 0.6) is 0 Å². The molecular formula is C15H29N3O. The van der Waals surface area contributed by atoms with E-state index in [0.717, 1.165) is 39.0 Å². The predicted octanol–water partition coefficient (Wildman–Crippen LogP) is 1.45. The number of piperidine rings is 1. The predicted molar refractivity (Wildman–Crippen MR) is 77.9 cm³/mol. The van der Waals surface area contributed by atoms with Crippen LogP contribution in [0.1, 0.15) is 44.9 Å². The molecule has 1 saturated carbocycles. The van der Waals surface area contributed by atoms with Crippen LogP contribution in [-0.2, 0) is 4.79 Å². The Hall–Kier alpha value is -0.610. The van der Waals surface area contributed by atoms with Gasteiger partial charge >= 0.3 is 0 Å². The molecular weight excluding hydrogens is 238 g/mol. The second-order valence-corrected chi connectivity index (χ2v) is 6.15. The van der Waals surface area contributed by atoms with E-state index in [4.69, 9.17) is 5.73 Å². The molecule has 4 nitrogen and oxygen atoms in total. The van der Waals surface area contributed by atoms with Crippen LogP contribution in [0.3, 0.4) is 0 Å². The number of nitrogens with two attached hydrogens (primary N) is 1. The van der Waals surface area contributed by atoms with Gasteiger partial charge in [-0.2, -0.15) is 0 Å². The number of rotatable bonds is 4. The van der Waals surface area contributed by atoms with Crippen LogP contribution >= 0.6 is 0 Å². The highest BCUT2D eigenvalue weighted by Crippen LogP contribution is 2.25. The maximum atomic E-state index is 12.5. The summed E-state index contributed by atoms with van der Waals surface area (Å²) >= 11 is 0. The number of carbonyl (C=O) groups excluding carboxylic acids is 1. The zero-order valence-corrected chi connectivity index (χ0v) is 12.3. The highest BCUT2D eigenvalue weighted by molar-refractivity contribution is 5.79. The van der Waals surface area contributed by atoms with E-state index in [1.807, 2.05) is 7.05 Å². The van der Waals surface area contributed by atoms with E-state index >= 15 is 0 Å². The average molecular weight is 267 g/mol. The van der Waals surface area contributed by atoms with E-state index < -0.39 is 0 Å². The quantitative estimate of drug-likeness (QED) is 0.838. The van der Waals surface area contributed by atoms with Crippen molar-refractivity contribution < 1.29 is 4.79 Å². The van der Waals surface area contributed by atoms with E-state index in [2.05, 4.69) is 9.80 Å². The van der Waals surface area contributed by atoms with Gasteiger partial charge in [0.25, 0.3) is 0 Å². The fourth-order valence-corrected chi connectivity index (χ4v) is 3.52. The molecule has 4 heteroatoms. The second kappa shape index (κ2) is 7.25. The Labute approximate surface area is 117 Å². The smallest absolute Gasteiger partial charge is 0.225 e. The Balaban J connectivity index is 1.79. The summed E-state index contributed by atoms with van der Waals surface area (Å²) in [6.07, 6.45) is 8.35. The molecule has 110 valence electrons. The molecule has 0 aromatic carbocycles. The molecule has 19 heavy (non-hydrogen) atoms. The van der Waals surface area contributed by atoms with Crippen LogP contribution in [-0.4, -0.2) is 55.0 Å². The molecule has 2 N–H and O–H groups in total. The maximum absolute atomic E-state index is 12.5. The van der Waals surface area contributed by atoms with Crippen LogP contribution in [0.15, 0.2) is 0 Å². The first kappa shape index (κ1) is 14.8. The van der Waals surface area contributed by atoms with Gasteiger partial charge in [-0.05, 0) is 38.8 Å². The molecule has 0 atom stereocenters. The van der Waals surface area contributed by atoms with E-state index in [1.165, 1.54) is 32.1 Å². The van der Waals surface area contributed by atoms with Gasteiger partial charge < -0.3 is 15.5 Å². The molecule has 2 aliphatic rings. The van der Waals surface area contributed by atoms with E-state index in [0.29, 0.717) is 11.9 Å². The zero-order chi connectivity index (χ0) is 13.7. The van der Waals surface area contributed by atoms with Gasteiger partial charge in [0.05, 0.1) is 0 Å². The summed E-state index contributed by atoms with van der Waals surface area (Å²) in [7, 11) is 2.02. The fourth-order valence-electron chi connectivity index (χ4n) is 3.52. The molecule has 0 spiro atoms. The lowest BCUT2D eigenvalue weighted by molar-refractivity contribution is -0.138. The minimum Gasteiger partial charge on any atom is -0.343 e. The summed E-state index contributed by atoms with van der Waals surface area (Å²) in [6.45, 7) is 3.76. The zero-order valence-electron chi connectivity index (χ0n) is 12.3. The van der Waals surface area contributed by atoms with E-state index in [-0.39, 0.29) is 5.92 Å². The highest BCUT2D eigenvalue weighted by Gasteiger charge is 2.30. The molecule has 2 rings (SSSR count). The Morgan fingerprint density at radius 3 is 2.37 bits per heavy atom. The average Bonchev–Trinajstić information content (AvgIpc) is 2.48. The molecule has 1 amide bonds. The summed E-state index contributed by atoms with van der Waals surface area (Å²) in [5, 5.41) is 0. The third kappa shape index (κ3) is 3.93. The van der Waals surface area contributed by atoms with Crippen molar-refractivity contribution in [2.24, 2.45) is 11.7 Å². The van der Waals surface area contributed by atoms with Gasteiger partial charge in [0.1, 0.15) is 0 Å². The summed E-state index contributed by atoms with van der Waals surface area (Å²) in [6, 6.07) is 0.503. The van der Waals surface area contributed by atoms with Crippen LogP contribution in [0, 0.1) is 5.92 Å². The minimum atomic E-state index is 0.251. The molecule has 1 aliphatic carbocycles. The Morgan fingerprint density at radius 2 is 1.79 bits per heavy atom. The van der Waals surface area contributed by atoms with Gasteiger partial charge in [-0.25, -0.2) is 0 Å². The largest absolute Gasteiger partial charge is 0.343 e. The highest BCUT2D eigenvalue weighted by atomic mass is 16.2. The number of hydrogen-bond donors (Lipinski definition) is 1. The molecule has 0 aromatic rings. The summed E-state index contributed by atoms with van der Waals surface area (Å²) in [5.41, 5.74) is 5.58. The van der Waals surface area contributed by atoms with Crippen LogP contribution in [0.4, 0.5) is 0 Å². The Kier molecular flexibility index (Phi) is 5.64. The van der Waals surface area contributed by atoms with Crippen molar-refractivity contribution >= 4 is 5.91 Å². The standard InChI is InChI=1S/C15H29N3O/c1-17(14-5-3-2-4-6-14)15(19)13-7-10-18(11-8-13)12-9-16/h13-14H,2-12,16H2,1H3. The van der Waals surface area contributed by atoms with Gasteiger partial charge in [-0.3, -0.25) is 4.79 Å². The lowest BCUT2D eigenvalue weighted by Crippen LogP contribution is -2.46. The summed E-state index contributed by atoms with van der Waals surface area (Å²) in [4.78, 5) is 17.0. The maximum Gasteiger partial charge on any atom is 0.225 e. The molecule has 0 aromatic heterocycles.